The van der Waals surface area contributed by atoms with E-state index >= 15 is 0 Å². The summed E-state index contributed by atoms with van der Waals surface area (Å²) >= 11 is 0. The molecule has 2 N–H and O–H groups in total. The van der Waals surface area contributed by atoms with Crippen LogP contribution in [0.5, 0.6) is 0 Å². The minimum Gasteiger partial charge on any atom is -0.360 e. The molecule has 8 nitrogen and oxygen atoms in total. The van der Waals surface area contributed by atoms with Crippen molar-refractivity contribution in [3.05, 3.63) is 28.9 Å². The second-order valence-corrected chi connectivity index (χ2v) is 6.71. The number of nitrogens with zero attached hydrogens (tertiary/aromatic N) is 3. The van der Waals surface area contributed by atoms with Crippen LogP contribution in [0.1, 0.15) is 22.8 Å². The lowest BCUT2D eigenvalue weighted by Crippen LogP contribution is -2.28. The van der Waals surface area contributed by atoms with Crippen LogP contribution in [0.2, 0.25) is 0 Å². The normalized spacial score (nSPS) is 14.5. The van der Waals surface area contributed by atoms with Crippen LogP contribution in [0.25, 0.3) is 0 Å². The number of nitrogens with one attached hydrogen (secondary N) is 2. The Morgan fingerprint density at radius 1 is 1.45 bits per heavy atom. The van der Waals surface area contributed by atoms with E-state index in [0.717, 1.165) is 25.3 Å². The smallest absolute Gasteiger partial charge is 0.246 e. The molecule has 1 aliphatic heterocycles. The van der Waals surface area contributed by atoms with Gasteiger partial charge < -0.3 is 9.84 Å². The summed E-state index contributed by atoms with van der Waals surface area (Å²) in [5.74, 6) is 0.285. The van der Waals surface area contributed by atoms with Gasteiger partial charge in [-0.3, -0.25) is 4.68 Å². The van der Waals surface area contributed by atoms with Gasteiger partial charge in [-0.15, -0.1) is 12.4 Å². The highest BCUT2D eigenvalue weighted by molar-refractivity contribution is 7.89. The van der Waals surface area contributed by atoms with Crippen LogP contribution in [0.4, 0.5) is 0 Å². The summed E-state index contributed by atoms with van der Waals surface area (Å²) in [6, 6.07) is 1.90. The van der Waals surface area contributed by atoms with E-state index in [-0.39, 0.29) is 29.6 Å². The quantitative estimate of drug-likeness (QED) is 0.834. The zero-order chi connectivity index (χ0) is 15.0. The number of hydrogen-bond donors (Lipinski definition) is 2. The maximum Gasteiger partial charge on any atom is 0.246 e. The molecule has 0 spiro atoms. The summed E-state index contributed by atoms with van der Waals surface area (Å²) in [6.45, 7) is 5.75. The van der Waals surface area contributed by atoms with E-state index in [9.17, 15) is 8.42 Å². The number of aromatic nitrogens is 3. The average molecular weight is 348 g/mol. The van der Waals surface area contributed by atoms with E-state index in [2.05, 4.69) is 20.3 Å². The molecule has 3 heterocycles. The largest absolute Gasteiger partial charge is 0.360 e. The van der Waals surface area contributed by atoms with Crippen LogP contribution in [0.3, 0.4) is 0 Å². The highest BCUT2D eigenvalue weighted by Crippen LogP contribution is 2.19. The minimum absolute atomic E-state index is 0. The molecule has 0 atom stereocenters. The first-order chi connectivity index (χ1) is 9.97. The monoisotopic (exact) mass is 347 g/mol. The molecule has 1 aliphatic rings. The van der Waals surface area contributed by atoms with E-state index in [1.807, 2.05) is 10.7 Å². The number of rotatable bonds is 4. The predicted octanol–water partition coefficient (Wildman–Crippen LogP) is 0.491. The van der Waals surface area contributed by atoms with Gasteiger partial charge in [-0.05, 0) is 19.9 Å². The highest BCUT2D eigenvalue weighted by atomic mass is 35.5. The molecule has 0 aromatic carbocycles. The summed E-state index contributed by atoms with van der Waals surface area (Å²) in [7, 11) is -3.65. The third-order valence-corrected chi connectivity index (χ3v) is 5.05. The van der Waals surface area contributed by atoms with Crippen LogP contribution in [0.15, 0.2) is 15.5 Å². The maximum absolute atomic E-state index is 12.3. The van der Waals surface area contributed by atoms with E-state index in [0.29, 0.717) is 11.4 Å². The third-order valence-electron chi connectivity index (χ3n) is 3.40. The van der Waals surface area contributed by atoms with Crippen molar-refractivity contribution < 1.29 is 12.9 Å². The van der Waals surface area contributed by atoms with Crippen molar-refractivity contribution in [2.24, 2.45) is 0 Å². The fourth-order valence-corrected chi connectivity index (χ4v) is 3.76. The Bertz CT molecular complexity index is 725. The number of fused-ring (bicyclic) bond motifs is 1. The lowest BCUT2D eigenvalue weighted by molar-refractivity contribution is 0.390. The summed E-state index contributed by atoms with van der Waals surface area (Å²) in [4.78, 5) is 0.105. The molecule has 2 aromatic rings. The zero-order valence-electron chi connectivity index (χ0n) is 12.3. The average Bonchev–Trinajstić information content (AvgIpc) is 3.00. The zero-order valence-corrected chi connectivity index (χ0v) is 13.9. The third kappa shape index (κ3) is 3.17. The second kappa shape index (κ2) is 6.37. The Kier molecular flexibility index (Phi) is 4.90. The Morgan fingerprint density at radius 3 is 2.86 bits per heavy atom. The molecule has 0 radical (unpaired) electrons. The van der Waals surface area contributed by atoms with Gasteiger partial charge in [-0.2, -0.15) is 5.10 Å². The van der Waals surface area contributed by atoms with Crippen LogP contribution in [0, 0.1) is 13.8 Å². The minimum atomic E-state index is -3.65. The molecule has 0 saturated heterocycles. The molecule has 3 rings (SSSR count). The Morgan fingerprint density at radius 2 is 2.23 bits per heavy atom. The number of sulfonamides is 1. The van der Waals surface area contributed by atoms with Gasteiger partial charge in [-0.1, -0.05) is 5.16 Å². The molecule has 22 heavy (non-hydrogen) atoms. The standard InChI is InChI=1S/C12H17N5O3S.ClH/c1-8-12(9(2)20-16-8)21(18,19)14-6-10-5-11-7-13-3-4-17(11)15-10;/h5,13-14H,3-4,6-7H2,1-2H3;1H. The van der Waals surface area contributed by atoms with Crippen molar-refractivity contribution in [1.82, 2.24) is 25.0 Å². The molecule has 0 fully saturated rings. The van der Waals surface area contributed by atoms with Crippen molar-refractivity contribution in [3.63, 3.8) is 0 Å². The van der Waals surface area contributed by atoms with Crippen LogP contribution >= 0.6 is 12.4 Å². The fourth-order valence-electron chi connectivity index (χ4n) is 2.44. The van der Waals surface area contributed by atoms with Gasteiger partial charge in [0.1, 0.15) is 10.6 Å². The highest BCUT2D eigenvalue weighted by Gasteiger charge is 2.24. The molecule has 10 heteroatoms. The van der Waals surface area contributed by atoms with Crippen LogP contribution < -0.4 is 10.0 Å². The molecule has 0 bridgehead atoms. The first-order valence-electron chi connectivity index (χ1n) is 6.66. The van der Waals surface area contributed by atoms with Crippen molar-refractivity contribution in [1.29, 1.82) is 0 Å². The molecule has 0 saturated carbocycles. The molecule has 0 aliphatic carbocycles. The first-order valence-corrected chi connectivity index (χ1v) is 8.14. The molecular weight excluding hydrogens is 330 g/mol. The van der Waals surface area contributed by atoms with Crippen molar-refractivity contribution in [2.75, 3.05) is 6.54 Å². The second-order valence-electron chi connectivity index (χ2n) is 5.00. The number of hydrogen-bond acceptors (Lipinski definition) is 6. The van der Waals surface area contributed by atoms with Crippen LogP contribution in [-0.2, 0) is 29.7 Å². The van der Waals surface area contributed by atoms with Crippen molar-refractivity contribution in [3.8, 4) is 0 Å². The SMILES string of the molecule is Cc1noc(C)c1S(=O)(=O)NCc1cc2n(n1)CCNC2.Cl. The lowest BCUT2D eigenvalue weighted by Gasteiger charge is -2.13. The molecule has 0 unspecified atom stereocenters. The first kappa shape index (κ1) is 16.9. The van der Waals surface area contributed by atoms with Gasteiger partial charge in [0.2, 0.25) is 10.0 Å². The number of aryl methyl sites for hydroxylation is 2. The Labute approximate surface area is 134 Å². The summed E-state index contributed by atoms with van der Waals surface area (Å²) < 4.78 is 33.9. The van der Waals surface area contributed by atoms with E-state index in [1.54, 1.807) is 13.8 Å². The topological polar surface area (TPSA) is 102 Å². The fraction of sp³-hybridized carbons (Fsp3) is 0.500. The number of halogens is 1. The molecule has 2 aromatic heterocycles. The molecular formula is C12H18ClN5O3S. The van der Waals surface area contributed by atoms with Crippen molar-refractivity contribution >= 4 is 22.4 Å². The summed E-state index contributed by atoms with van der Waals surface area (Å²) in [5.41, 5.74) is 2.12. The van der Waals surface area contributed by atoms with Gasteiger partial charge >= 0.3 is 0 Å². The van der Waals surface area contributed by atoms with Gasteiger partial charge in [0, 0.05) is 13.1 Å². The Balaban J connectivity index is 0.00000176. The summed E-state index contributed by atoms with van der Waals surface area (Å²) in [6.07, 6.45) is 0. The Hall–Kier alpha value is -1.42. The molecule has 0 amide bonds. The lowest BCUT2D eigenvalue weighted by atomic mass is 10.3. The van der Waals surface area contributed by atoms with E-state index < -0.39 is 10.0 Å². The molecule has 122 valence electrons. The van der Waals surface area contributed by atoms with Gasteiger partial charge in [0.15, 0.2) is 5.76 Å². The van der Waals surface area contributed by atoms with Gasteiger partial charge in [0.25, 0.3) is 0 Å². The van der Waals surface area contributed by atoms with Gasteiger partial charge in [0.05, 0.1) is 24.5 Å². The maximum atomic E-state index is 12.3. The van der Waals surface area contributed by atoms with E-state index in [1.165, 1.54) is 0 Å². The van der Waals surface area contributed by atoms with E-state index in [4.69, 9.17) is 4.52 Å². The summed E-state index contributed by atoms with van der Waals surface area (Å²) in [5, 5.41) is 11.3. The van der Waals surface area contributed by atoms with Crippen molar-refractivity contribution in [2.45, 2.75) is 38.4 Å². The predicted molar refractivity (Wildman–Crippen MR) is 81.2 cm³/mol. The van der Waals surface area contributed by atoms with Gasteiger partial charge in [-0.25, -0.2) is 13.1 Å². The van der Waals surface area contributed by atoms with Crippen LogP contribution in [-0.4, -0.2) is 29.9 Å².